The lowest BCUT2D eigenvalue weighted by Gasteiger charge is -2.35. The highest BCUT2D eigenvalue weighted by Gasteiger charge is 2.60. The highest BCUT2D eigenvalue weighted by Crippen LogP contribution is 2.61. The Kier molecular flexibility index (Phi) is 4.52. The molecular weight excluding hydrogens is 351 g/mol. The largest absolute Gasteiger partial charge is 0.475 e. The summed E-state index contributed by atoms with van der Waals surface area (Å²) >= 11 is 0. The summed E-state index contributed by atoms with van der Waals surface area (Å²) in [5.74, 6) is 2.59. The van der Waals surface area contributed by atoms with Crippen LogP contribution in [0.4, 0.5) is 0 Å². The van der Waals surface area contributed by atoms with Crippen LogP contribution in [0.2, 0.25) is 0 Å². The Morgan fingerprint density at radius 2 is 2.24 bits per heavy atom. The van der Waals surface area contributed by atoms with Crippen LogP contribution in [-0.2, 0) is 22.9 Å². The van der Waals surface area contributed by atoms with Crippen molar-refractivity contribution in [2.45, 2.75) is 45.3 Å². The second kappa shape index (κ2) is 6.24. The standard InChI is InChI=1S/C15H19N2O7P/c1-5-15(4)12-10(8-21-25(20,24-12)23-9(2)3)22-13(15)17-7-6-11(18)16-14(17)19/h1,6-7,9-10,12-13H,8H2,2-4H3,(H,16,18,19)/t10-,12-,13-,15-,25-/m1/s1. The molecule has 1 aromatic rings. The second-order valence-corrected chi connectivity index (χ2v) is 7.97. The zero-order valence-electron chi connectivity index (χ0n) is 14.0. The van der Waals surface area contributed by atoms with Gasteiger partial charge in [-0.3, -0.25) is 27.9 Å². The van der Waals surface area contributed by atoms with Gasteiger partial charge in [-0.1, -0.05) is 5.92 Å². The van der Waals surface area contributed by atoms with Crippen molar-refractivity contribution < 1.29 is 22.9 Å². The Hall–Kier alpha value is -1.69. The summed E-state index contributed by atoms with van der Waals surface area (Å²) in [5, 5.41) is 0. The molecule has 3 heterocycles. The molecule has 2 fully saturated rings. The van der Waals surface area contributed by atoms with Crippen LogP contribution in [0.1, 0.15) is 27.0 Å². The quantitative estimate of drug-likeness (QED) is 0.625. The van der Waals surface area contributed by atoms with E-state index in [-0.39, 0.29) is 12.7 Å². The molecule has 0 unspecified atom stereocenters. The number of hydrogen-bond acceptors (Lipinski definition) is 7. The van der Waals surface area contributed by atoms with Crippen LogP contribution in [0.15, 0.2) is 21.9 Å². The van der Waals surface area contributed by atoms with Gasteiger partial charge in [0.05, 0.1) is 12.7 Å². The van der Waals surface area contributed by atoms with Gasteiger partial charge >= 0.3 is 13.5 Å². The molecule has 0 amide bonds. The van der Waals surface area contributed by atoms with E-state index in [1.807, 2.05) is 0 Å². The monoisotopic (exact) mass is 370 g/mol. The van der Waals surface area contributed by atoms with Crippen LogP contribution in [-0.4, -0.2) is 34.5 Å². The summed E-state index contributed by atoms with van der Waals surface area (Å²) in [6, 6.07) is 1.19. The average molecular weight is 370 g/mol. The van der Waals surface area contributed by atoms with Crippen molar-refractivity contribution in [1.29, 1.82) is 0 Å². The van der Waals surface area contributed by atoms with E-state index in [9.17, 15) is 14.2 Å². The molecule has 0 aliphatic carbocycles. The second-order valence-electron chi connectivity index (χ2n) is 6.39. The first-order chi connectivity index (χ1) is 11.7. The molecule has 25 heavy (non-hydrogen) atoms. The summed E-state index contributed by atoms with van der Waals surface area (Å²) in [6.45, 7) is 5.00. The molecule has 3 rings (SSSR count). The summed E-state index contributed by atoms with van der Waals surface area (Å²) in [6.07, 6.45) is 4.26. The number of aromatic amines is 1. The molecule has 2 aliphatic heterocycles. The Labute approximate surface area is 143 Å². The molecule has 2 aliphatic rings. The molecule has 1 N–H and O–H groups in total. The number of ether oxygens (including phenoxy) is 1. The number of H-pyrrole nitrogens is 1. The fourth-order valence-electron chi connectivity index (χ4n) is 2.98. The molecule has 5 atom stereocenters. The third-order valence-electron chi connectivity index (χ3n) is 4.14. The first-order valence-corrected chi connectivity index (χ1v) is 9.20. The number of phosphoric ester groups is 1. The van der Waals surface area contributed by atoms with E-state index in [0.29, 0.717) is 0 Å². The number of fused-ring (bicyclic) bond motifs is 1. The van der Waals surface area contributed by atoms with E-state index < -0.39 is 42.9 Å². The maximum atomic E-state index is 12.6. The normalized spacial score (nSPS) is 37.6. The van der Waals surface area contributed by atoms with E-state index in [2.05, 4.69) is 10.9 Å². The van der Waals surface area contributed by atoms with Gasteiger partial charge in [-0.05, 0) is 20.8 Å². The lowest BCUT2D eigenvalue weighted by atomic mass is 9.83. The number of hydrogen-bond donors (Lipinski definition) is 1. The van der Waals surface area contributed by atoms with Gasteiger partial charge < -0.3 is 4.74 Å². The van der Waals surface area contributed by atoms with Crippen LogP contribution in [0.3, 0.4) is 0 Å². The molecule has 0 saturated carbocycles. The zero-order chi connectivity index (χ0) is 18.4. The molecule has 2 saturated heterocycles. The predicted molar refractivity (Wildman–Crippen MR) is 86.8 cm³/mol. The highest BCUT2D eigenvalue weighted by molar-refractivity contribution is 7.48. The van der Waals surface area contributed by atoms with Crippen LogP contribution >= 0.6 is 7.82 Å². The van der Waals surface area contributed by atoms with Gasteiger partial charge in [0.25, 0.3) is 5.56 Å². The molecule has 0 spiro atoms. The minimum absolute atomic E-state index is 0.0550. The van der Waals surface area contributed by atoms with Crippen molar-refractivity contribution >= 4 is 7.82 Å². The van der Waals surface area contributed by atoms with Crippen molar-refractivity contribution in [3.63, 3.8) is 0 Å². The number of terminal acetylenes is 1. The minimum atomic E-state index is -3.79. The minimum Gasteiger partial charge on any atom is -0.348 e. The Morgan fingerprint density at radius 1 is 1.52 bits per heavy atom. The summed E-state index contributed by atoms with van der Waals surface area (Å²) in [4.78, 5) is 25.5. The van der Waals surface area contributed by atoms with Gasteiger partial charge in [-0.25, -0.2) is 9.36 Å². The van der Waals surface area contributed by atoms with Crippen molar-refractivity contribution in [2.24, 2.45) is 5.41 Å². The molecule has 0 aromatic carbocycles. The fraction of sp³-hybridized carbons (Fsp3) is 0.600. The Morgan fingerprint density at radius 3 is 2.84 bits per heavy atom. The third kappa shape index (κ3) is 3.12. The number of phosphoric acid groups is 1. The van der Waals surface area contributed by atoms with E-state index in [0.717, 1.165) is 0 Å². The highest BCUT2D eigenvalue weighted by atomic mass is 31.2. The van der Waals surface area contributed by atoms with Gasteiger partial charge in [0.1, 0.15) is 17.6 Å². The molecule has 136 valence electrons. The first kappa shape index (κ1) is 18.1. The molecule has 0 bridgehead atoms. The number of aromatic nitrogens is 2. The van der Waals surface area contributed by atoms with E-state index in [4.69, 9.17) is 24.7 Å². The van der Waals surface area contributed by atoms with Crippen molar-refractivity contribution in [3.05, 3.63) is 33.1 Å². The predicted octanol–water partition coefficient (Wildman–Crippen LogP) is 1.02. The van der Waals surface area contributed by atoms with Crippen molar-refractivity contribution in [3.8, 4) is 12.3 Å². The summed E-state index contributed by atoms with van der Waals surface area (Å²) in [7, 11) is -3.79. The molecule has 10 heteroatoms. The van der Waals surface area contributed by atoms with Crippen LogP contribution < -0.4 is 11.2 Å². The molecule has 9 nitrogen and oxygen atoms in total. The van der Waals surface area contributed by atoms with E-state index in [1.165, 1.54) is 16.8 Å². The Balaban J connectivity index is 1.98. The smallest absolute Gasteiger partial charge is 0.348 e. The van der Waals surface area contributed by atoms with Crippen molar-refractivity contribution in [2.75, 3.05) is 6.61 Å². The lowest BCUT2D eigenvalue weighted by molar-refractivity contribution is -0.0749. The maximum Gasteiger partial charge on any atom is 0.475 e. The lowest BCUT2D eigenvalue weighted by Crippen LogP contribution is -2.43. The summed E-state index contributed by atoms with van der Waals surface area (Å²) in [5.41, 5.74) is -2.33. The number of nitrogens with one attached hydrogen (secondary N) is 1. The van der Waals surface area contributed by atoms with Crippen LogP contribution in [0.25, 0.3) is 0 Å². The molecular formula is C15H19N2O7P. The zero-order valence-corrected chi connectivity index (χ0v) is 14.9. The topological polar surface area (TPSA) is 109 Å². The van der Waals surface area contributed by atoms with Crippen molar-refractivity contribution in [1.82, 2.24) is 9.55 Å². The number of rotatable bonds is 3. The van der Waals surface area contributed by atoms with Gasteiger partial charge in [-0.2, -0.15) is 0 Å². The van der Waals surface area contributed by atoms with Crippen LogP contribution in [0.5, 0.6) is 0 Å². The van der Waals surface area contributed by atoms with Gasteiger partial charge in [0.2, 0.25) is 0 Å². The Bertz CT molecular complexity index is 870. The molecule has 0 radical (unpaired) electrons. The fourth-order valence-corrected chi connectivity index (χ4v) is 4.63. The van der Waals surface area contributed by atoms with E-state index in [1.54, 1.807) is 20.8 Å². The maximum absolute atomic E-state index is 12.6. The average Bonchev–Trinajstić information content (AvgIpc) is 2.79. The van der Waals surface area contributed by atoms with Gasteiger partial charge in [0.15, 0.2) is 6.23 Å². The SMILES string of the molecule is C#C[C@]1(C)[C@@H]2O[P@@](=O)(OC(C)C)OC[C@H]2O[C@H]1n1ccc(=O)[nH]c1=O. The van der Waals surface area contributed by atoms with Crippen LogP contribution in [0, 0.1) is 17.8 Å². The number of nitrogens with zero attached hydrogens (tertiary/aromatic N) is 1. The van der Waals surface area contributed by atoms with Gasteiger partial charge in [-0.15, -0.1) is 6.42 Å². The third-order valence-corrected chi connectivity index (χ3v) is 5.77. The van der Waals surface area contributed by atoms with E-state index >= 15 is 0 Å². The molecule has 1 aromatic heterocycles. The van der Waals surface area contributed by atoms with Gasteiger partial charge in [0, 0.05) is 12.3 Å². The summed E-state index contributed by atoms with van der Waals surface area (Å²) < 4.78 is 35.8. The first-order valence-electron chi connectivity index (χ1n) is 7.74.